The summed E-state index contributed by atoms with van der Waals surface area (Å²) in [6, 6.07) is 0. The summed E-state index contributed by atoms with van der Waals surface area (Å²) in [5.74, 6) is -1.08. The van der Waals surface area contributed by atoms with Crippen LogP contribution in [-0.4, -0.2) is 76.1 Å². The van der Waals surface area contributed by atoms with Gasteiger partial charge in [0.2, 0.25) is 0 Å². The predicted octanol–water partition coefficient (Wildman–Crippen LogP) is 0.629. The zero-order chi connectivity index (χ0) is 20.2. The van der Waals surface area contributed by atoms with Gasteiger partial charge < -0.3 is 34.2 Å². The molecule has 0 aliphatic carbocycles. The highest BCUT2D eigenvalue weighted by atomic mass is 16.7. The van der Waals surface area contributed by atoms with Crippen molar-refractivity contribution in [3.05, 3.63) is 0 Å². The minimum Gasteiger partial charge on any atom is -0.458 e. The van der Waals surface area contributed by atoms with E-state index in [4.69, 9.17) is 34.2 Å². The highest BCUT2D eigenvalue weighted by Gasteiger charge is 2.47. The molecule has 2 N–H and O–H groups in total. The molecule has 1 rings (SSSR count). The Labute approximate surface area is 160 Å². The van der Waals surface area contributed by atoms with Crippen LogP contribution in [0.15, 0.2) is 0 Å². The van der Waals surface area contributed by atoms with Crippen LogP contribution in [0.5, 0.6) is 0 Å². The van der Waals surface area contributed by atoms with Crippen molar-refractivity contribution in [1.29, 1.82) is 0 Å². The van der Waals surface area contributed by atoms with Gasteiger partial charge in [0.1, 0.15) is 6.10 Å². The van der Waals surface area contributed by atoms with Crippen molar-refractivity contribution in [2.24, 2.45) is 11.7 Å². The summed E-state index contributed by atoms with van der Waals surface area (Å²) in [5, 5.41) is 0. The summed E-state index contributed by atoms with van der Waals surface area (Å²) in [6.07, 6.45) is -1.79. The molecule has 158 valence electrons. The Hall–Kier alpha value is -1.26. The summed E-state index contributed by atoms with van der Waals surface area (Å²) >= 11 is 0. The second-order valence-electron chi connectivity index (χ2n) is 6.34. The zero-order valence-corrected chi connectivity index (χ0v) is 16.7. The molecule has 1 aliphatic rings. The van der Waals surface area contributed by atoms with Crippen LogP contribution >= 0.6 is 0 Å². The van der Waals surface area contributed by atoms with Crippen molar-refractivity contribution in [2.75, 3.05) is 39.6 Å². The van der Waals surface area contributed by atoms with E-state index in [-0.39, 0.29) is 18.6 Å². The minimum atomic E-state index is -0.837. The van der Waals surface area contributed by atoms with E-state index in [1.807, 2.05) is 13.8 Å². The van der Waals surface area contributed by atoms with Gasteiger partial charge in [0, 0.05) is 26.3 Å². The van der Waals surface area contributed by atoms with E-state index >= 15 is 0 Å². The van der Waals surface area contributed by atoms with E-state index in [9.17, 15) is 9.59 Å². The zero-order valence-electron chi connectivity index (χ0n) is 16.7. The van der Waals surface area contributed by atoms with Crippen molar-refractivity contribution in [3.8, 4) is 0 Å². The average Bonchev–Trinajstić information content (AvgIpc) is 2.61. The van der Waals surface area contributed by atoms with Crippen LogP contribution in [0.1, 0.15) is 34.1 Å². The minimum absolute atomic E-state index is 0.140. The molecule has 0 aromatic carbocycles. The molecule has 5 atom stereocenters. The molecule has 1 heterocycles. The number of hydrogen-bond acceptors (Lipinski definition) is 9. The van der Waals surface area contributed by atoms with E-state index < -0.39 is 30.4 Å². The first-order valence-electron chi connectivity index (χ1n) is 9.37. The fourth-order valence-electron chi connectivity index (χ4n) is 2.95. The lowest BCUT2D eigenvalue weighted by Gasteiger charge is -2.43. The number of rotatable bonds is 12. The molecule has 5 unspecified atom stereocenters. The van der Waals surface area contributed by atoms with Gasteiger partial charge >= 0.3 is 11.9 Å². The Morgan fingerprint density at radius 3 is 2.04 bits per heavy atom. The summed E-state index contributed by atoms with van der Waals surface area (Å²) in [5.41, 5.74) is 5.33. The van der Waals surface area contributed by atoms with Crippen molar-refractivity contribution < 1.29 is 38.0 Å². The van der Waals surface area contributed by atoms with Crippen LogP contribution in [0.2, 0.25) is 0 Å². The molecule has 1 aliphatic heterocycles. The van der Waals surface area contributed by atoms with Crippen molar-refractivity contribution in [3.63, 3.8) is 0 Å². The van der Waals surface area contributed by atoms with Gasteiger partial charge in [-0.3, -0.25) is 9.59 Å². The highest BCUT2D eigenvalue weighted by Crippen LogP contribution is 2.32. The normalized spacial score (nSPS) is 28.0. The van der Waals surface area contributed by atoms with Crippen LogP contribution in [0.25, 0.3) is 0 Å². The second-order valence-corrected chi connectivity index (χ2v) is 6.34. The number of carbonyl (C=O) groups excluding carboxylic acids is 2. The van der Waals surface area contributed by atoms with Gasteiger partial charge in [-0.15, -0.1) is 0 Å². The lowest BCUT2D eigenvalue weighted by Crippen LogP contribution is -2.57. The van der Waals surface area contributed by atoms with Crippen LogP contribution < -0.4 is 5.73 Å². The first-order valence-corrected chi connectivity index (χ1v) is 9.37. The standard InChI is InChI=1S/C18H33NO8/c1-5-15-12(2)16(25-13(3)20)17(26-14(4)21)18(27-15)24-11-10-23-9-8-22-7-6-19/h12,15-18H,5-11,19H2,1-4H3. The Bertz CT molecular complexity index is 447. The van der Waals surface area contributed by atoms with Crippen molar-refractivity contribution in [2.45, 2.75) is 58.7 Å². The van der Waals surface area contributed by atoms with E-state index in [1.165, 1.54) is 13.8 Å². The third-order valence-electron chi connectivity index (χ3n) is 4.16. The van der Waals surface area contributed by atoms with Crippen LogP contribution in [-0.2, 0) is 38.0 Å². The summed E-state index contributed by atoms with van der Waals surface area (Å²) in [4.78, 5) is 23.0. The number of carbonyl (C=O) groups is 2. The first-order chi connectivity index (χ1) is 12.9. The summed E-state index contributed by atoms with van der Waals surface area (Å²) in [7, 11) is 0. The largest absolute Gasteiger partial charge is 0.458 e. The van der Waals surface area contributed by atoms with E-state index in [0.717, 1.165) is 0 Å². The molecule has 1 saturated heterocycles. The van der Waals surface area contributed by atoms with Gasteiger partial charge in [0.05, 0.1) is 39.1 Å². The number of esters is 2. The van der Waals surface area contributed by atoms with Crippen LogP contribution in [0.4, 0.5) is 0 Å². The first kappa shape index (κ1) is 23.8. The van der Waals surface area contributed by atoms with E-state index in [1.54, 1.807) is 0 Å². The van der Waals surface area contributed by atoms with Gasteiger partial charge in [-0.05, 0) is 6.42 Å². The molecular formula is C18H33NO8. The third kappa shape index (κ3) is 8.52. The third-order valence-corrected chi connectivity index (χ3v) is 4.16. The maximum Gasteiger partial charge on any atom is 0.303 e. The molecule has 27 heavy (non-hydrogen) atoms. The second kappa shape index (κ2) is 13.0. The van der Waals surface area contributed by atoms with Crippen LogP contribution in [0, 0.1) is 5.92 Å². The number of nitrogens with two attached hydrogens (primary N) is 1. The summed E-state index contributed by atoms with van der Waals surface area (Å²) < 4.78 is 33.1. The van der Waals surface area contributed by atoms with Crippen molar-refractivity contribution >= 4 is 11.9 Å². The lowest BCUT2D eigenvalue weighted by atomic mass is 9.89. The van der Waals surface area contributed by atoms with Crippen molar-refractivity contribution in [1.82, 2.24) is 0 Å². The van der Waals surface area contributed by atoms with Gasteiger partial charge in [-0.1, -0.05) is 13.8 Å². The molecule has 0 aromatic heterocycles. The van der Waals surface area contributed by atoms with Gasteiger partial charge in [0.25, 0.3) is 0 Å². The fraction of sp³-hybridized carbons (Fsp3) is 0.889. The lowest BCUT2D eigenvalue weighted by molar-refractivity contribution is -0.291. The molecule has 9 heteroatoms. The van der Waals surface area contributed by atoms with Gasteiger partial charge in [-0.25, -0.2) is 0 Å². The predicted molar refractivity (Wildman–Crippen MR) is 95.9 cm³/mol. The molecule has 9 nitrogen and oxygen atoms in total. The maximum atomic E-state index is 11.5. The molecule has 0 aromatic rings. The SMILES string of the molecule is CCC1OC(OCCOCCOCCN)C(OC(C)=O)C(OC(C)=O)C1C. The fourth-order valence-corrected chi connectivity index (χ4v) is 2.95. The smallest absolute Gasteiger partial charge is 0.303 e. The average molecular weight is 391 g/mol. The Kier molecular flexibility index (Phi) is 11.5. The molecule has 0 amide bonds. The molecule has 0 radical (unpaired) electrons. The molecular weight excluding hydrogens is 358 g/mol. The van der Waals surface area contributed by atoms with E-state index in [2.05, 4.69) is 0 Å². The molecule has 0 saturated carbocycles. The monoisotopic (exact) mass is 391 g/mol. The maximum absolute atomic E-state index is 11.5. The summed E-state index contributed by atoms with van der Waals surface area (Å²) in [6.45, 7) is 8.89. The number of hydrogen-bond donors (Lipinski definition) is 1. The molecule has 0 bridgehead atoms. The topological polar surface area (TPSA) is 116 Å². The van der Waals surface area contributed by atoms with Gasteiger partial charge in [0.15, 0.2) is 12.4 Å². The molecule has 1 fully saturated rings. The number of ether oxygens (including phenoxy) is 6. The van der Waals surface area contributed by atoms with E-state index in [0.29, 0.717) is 39.4 Å². The molecule has 0 spiro atoms. The van der Waals surface area contributed by atoms with Crippen LogP contribution in [0.3, 0.4) is 0 Å². The Balaban J connectivity index is 2.61. The quantitative estimate of drug-likeness (QED) is 0.378. The Morgan fingerprint density at radius 2 is 1.48 bits per heavy atom. The van der Waals surface area contributed by atoms with Gasteiger partial charge in [-0.2, -0.15) is 0 Å². The Morgan fingerprint density at radius 1 is 0.926 bits per heavy atom. The highest BCUT2D eigenvalue weighted by molar-refractivity contribution is 5.67.